The van der Waals surface area contributed by atoms with Gasteiger partial charge in [-0.3, -0.25) is 0 Å². The molecule has 0 spiro atoms. The van der Waals surface area contributed by atoms with E-state index in [0.29, 0.717) is 11.3 Å². The van der Waals surface area contributed by atoms with Crippen molar-refractivity contribution in [1.82, 2.24) is 14.6 Å². The molecule has 0 fully saturated rings. The number of fused-ring (bicyclic) bond motifs is 1. The van der Waals surface area contributed by atoms with Crippen LogP contribution in [0.25, 0.3) is 5.65 Å². The fourth-order valence-corrected chi connectivity index (χ4v) is 1.07. The molecular formula is C7H5BFN3. The average molecular weight is 161 g/mol. The molecule has 0 N–H and O–H groups in total. The third-order valence-electron chi connectivity index (χ3n) is 1.52. The molecule has 5 heteroatoms. The van der Waals surface area contributed by atoms with Gasteiger partial charge >= 0.3 is 0 Å². The van der Waals surface area contributed by atoms with Crippen LogP contribution in [0.15, 0.2) is 12.3 Å². The van der Waals surface area contributed by atoms with E-state index in [4.69, 9.17) is 7.85 Å². The van der Waals surface area contributed by atoms with Crippen molar-refractivity contribution in [1.29, 1.82) is 0 Å². The van der Waals surface area contributed by atoms with Gasteiger partial charge in [0, 0.05) is 6.20 Å². The first-order valence-corrected chi connectivity index (χ1v) is 3.45. The van der Waals surface area contributed by atoms with Crippen molar-refractivity contribution in [2.45, 2.75) is 6.92 Å². The molecule has 0 bridgehead atoms. The largest absolute Gasteiger partial charge is 0.219 e. The van der Waals surface area contributed by atoms with Crippen molar-refractivity contribution in [2.24, 2.45) is 0 Å². The van der Waals surface area contributed by atoms with Crippen molar-refractivity contribution in [2.75, 3.05) is 0 Å². The maximum Gasteiger partial charge on any atom is 0.191 e. The van der Waals surface area contributed by atoms with E-state index in [2.05, 4.69) is 10.1 Å². The molecule has 58 valence electrons. The lowest BCUT2D eigenvalue weighted by Crippen LogP contribution is -2.07. The van der Waals surface area contributed by atoms with Gasteiger partial charge in [-0.25, -0.2) is 13.9 Å². The predicted octanol–water partition coefficient (Wildman–Crippen LogP) is -0.0294. The van der Waals surface area contributed by atoms with E-state index in [1.165, 1.54) is 16.8 Å². The molecule has 2 aromatic rings. The lowest BCUT2D eigenvalue weighted by molar-refractivity contribution is 0.629. The molecular weight excluding hydrogens is 156 g/mol. The number of hydrogen-bond acceptors (Lipinski definition) is 2. The molecule has 0 aliphatic rings. The second kappa shape index (κ2) is 2.30. The van der Waals surface area contributed by atoms with Crippen LogP contribution in [0.2, 0.25) is 0 Å². The Balaban J connectivity index is 2.88. The molecule has 0 saturated heterocycles. The summed E-state index contributed by atoms with van der Waals surface area (Å²) in [5.41, 5.74) is 0.548. The lowest BCUT2D eigenvalue weighted by atomic mass is 9.99. The van der Waals surface area contributed by atoms with E-state index in [1.54, 1.807) is 6.92 Å². The van der Waals surface area contributed by atoms with Gasteiger partial charge < -0.3 is 0 Å². The van der Waals surface area contributed by atoms with Gasteiger partial charge in [0.1, 0.15) is 13.7 Å². The summed E-state index contributed by atoms with van der Waals surface area (Å²) in [6.07, 6.45) is 1.53. The predicted molar refractivity (Wildman–Crippen MR) is 43.1 cm³/mol. The van der Waals surface area contributed by atoms with Crippen LogP contribution in [0.3, 0.4) is 0 Å². The van der Waals surface area contributed by atoms with Crippen LogP contribution in [0, 0.1) is 12.7 Å². The van der Waals surface area contributed by atoms with Crippen LogP contribution >= 0.6 is 0 Å². The summed E-state index contributed by atoms with van der Waals surface area (Å²) in [6.45, 7) is 1.70. The number of aryl methyl sites for hydroxylation is 1. The summed E-state index contributed by atoms with van der Waals surface area (Å²) in [4.78, 5) is 3.88. The Morgan fingerprint density at radius 3 is 3.08 bits per heavy atom. The molecule has 2 rings (SSSR count). The first kappa shape index (κ1) is 7.27. The molecule has 0 aliphatic carbocycles. The second-order valence-electron chi connectivity index (χ2n) is 2.55. The van der Waals surface area contributed by atoms with Gasteiger partial charge in [0.2, 0.25) is 0 Å². The number of halogens is 1. The highest BCUT2D eigenvalue weighted by Crippen LogP contribution is 2.03. The number of aromatic nitrogens is 3. The van der Waals surface area contributed by atoms with E-state index < -0.39 is 5.82 Å². The summed E-state index contributed by atoms with van der Waals surface area (Å²) < 4.78 is 14.4. The van der Waals surface area contributed by atoms with Crippen LogP contribution in [0.1, 0.15) is 5.82 Å². The van der Waals surface area contributed by atoms with Crippen molar-refractivity contribution < 1.29 is 4.39 Å². The zero-order valence-corrected chi connectivity index (χ0v) is 6.45. The number of rotatable bonds is 0. The van der Waals surface area contributed by atoms with E-state index in [9.17, 15) is 4.39 Å². The van der Waals surface area contributed by atoms with Gasteiger partial charge in [-0.05, 0) is 13.0 Å². The molecule has 2 aromatic heterocycles. The summed E-state index contributed by atoms with van der Waals surface area (Å²) in [5.74, 6) is 0.0788. The highest BCUT2D eigenvalue weighted by atomic mass is 19.1. The maximum absolute atomic E-state index is 13.1. The van der Waals surface area contributed by atoms with Gasteiger partial charge in [-0.15, -0.1) is 0 Å². The second-order valence-corrected chi connectivity index (χ2v) is 2.55. The third-order valence-corrected chi connectivity index (χ3v) is 1.52. The van der Waals surface area contributed by atoms with Crippen molar-refractivity contribution in [3.8, 4) is 0 Å². The third kappa shape index (κ3) is 0.977. The smallest absolute Gasteiger partial charge is 0.191 e. The normalized spacial score (nSPS) is 10.8. The Kier molecular flexibility index (Phi) is 1.39. The highest BCUT2D eigenvalue weighted by Gasteiger charge is 2.04. The molecule has 12 heavy (non-hydrogen) atoms. The van der Waals surface area contributed by atoms with Crippen LogP contribution in [-0.2, 0) is 0 Å². The maximum atomic E-state index is 13.1. The summed E-state index contributed by atoms with van der Waals surface area (Å²) in [5, 5.41) is 3.92. The molecule has 0 atom stereocenters. The molecule has 0 aliphatic heterocycles. The quantitative estimate of drug-likeness (QED) is 0.508. The van der Waals surface area contributed by atoms with E-state index >= 15 is 0 Å². The van der Waals surface area contributed by atoms with Crippen LogP contribution in [-0.4, -0.2) is 22.4 Å². The lowest BCUT2D eigenvalue weighted by Gasteiger charge is -1.94. The SMILES string of the molecule is [B]c1cc(F)c2nc(C)nn2c1. The number of pyridine rings is 1. The average Bonchev–Trinajstić information content (AvgIpc) is 2.29. The highest BCUT2D eigenvalue weighted by molar-refractivity contribution is 6.32. The Labute approximate surface area is 69.6 Å². The molecule has 3 nitrogen and oxygen atoms in total. The zero-order chi connectivity index (χ0) is 8.72. The first-order chi connectivity index (χ1) is 5.66. The van der Waals surface area contributed by atoms with E-state index in [-0.39, 0.29) is 5.65 Å². The van der Waals surface area contributed by atoms with Crippen molar-refractivity contribution in [3.63, 3.8) is 0 Å². The molecule has 2 radical (unpaired) electrons. The van der Waals surface area contributed by atoms with Gasteiger partial charge in [-0.1, -0.05) is 5.46 Å². The van der Waals surface area contributed by atoms with Crippen molar-refractivity contribution >= 4 is 19.0 Å². The fraction of sp³-hybridized carbons (Fsp3) is 0.143. The Morgan fingerprint density at radius 2 is 2.33 bits per heavy atom. The Bertz CT molecular complexity index is 437. The topological polar surface area (TPSA) is 30.2 Å². The van der Waals surface area contributed by atoms with E-state index in [0.717, 1.165) is 0 Å². The molecule has 0 saturated carbocycles. The van der Waals surface area contributed by atoms with Gasteiger partial charge in [0.25, 0.3) is 0 Å². The standard InChI is InChI=1S/C7H5BFN3/c1-4-10-7-6(9)2-5(8)3-12(7)11-4/h2-3H,1H3. The fourth-order valence-electron chi connectivity index (χ4n) is 1.07. The Hall–Kier alpha value is -1.39. The molecule has 0 amide bonds. The molecule has 2 heterocycles. The van der Waals surface area contributed by atoms with Crippen LogP contribution < -0.4 is 5.46 Å². The monoisotopic (exact) mass is 161 g/mol. The summed E-state index contributed by atoms with van der Waals surface area (Å²) in [6, 6.07) is 1.23. The summed E-state index contributed by atoms with van der Waals surface area (Å²) >= 11 is 0. The van der Waals surface area contributed by atoms with Gasteiger partial charge in [-0.2, -0.15) is 5.10 Å². The number of nitrogens with zero attached hydrogens (tertiary/aromatic N) is 3. The summed E-state index contributed by atoms with van der Waals surface area (Å²) in [7, 11) is 5.41. The number of hydrogen-bond donors (Lipinski definition) is 0. The molecule has 0 unspecified atom stereocenters. The van der Waals surface area contributed by atoms with Crippen LogP contribution in [0.5, 0.6) is 0 Å². The molecule has 0 aromatic carbocycles. The van der Waals surface area contributed by atoms with Gasteiger partial charge in [0.15, 0.2) is 11.5 Å². The minimum atomic E-state index is -0.449. The van der Waals surface area contributed by atoms with Crippen LogP contribution in [0.4, 0.5) is 4.39 Å². The zero-order valence-electron chi connectivity index (χ0n) is 6.45. The minimum absolute atomic E-state index is 0.210. The minimum Gasteiger partial charge on any atom is -0.219 e. The Morgan fingerprint density at radius 1 is 1.58 bits per heavy atom. The van der Waals surface area contributed by atoms with Crippen molar-refractivity contribution in [3.05, 3.63) is 23.9 Å². The first-order valence-electron chi connectivity index (χ1n) is 3.45. The van der Waals surface area contributed by atoms with Gasteiger partial charge in [0.05, 0.1) is 0 Å². The van der Waals surface area contributed by atoms with E-state index in [1.807, 2.05) is 0 Å².